The summed E-state index contributed by atoms with van der Waals surface area (Å²) in [5, 5.41) is 4.71. The monoisotopic (exact) mass is 392 g/mol. The predicted octanol–water partition coefficient (Wildman–Crippen LogP) is 3.56. The van der Waals surface area contributed by atoms with Gasteiger partial charge in [0.15, 0.2) is 0 Å². The first kappa shape index (κ1) is 16.4. The van der Waals surface area contributed by atoms with Gasteiger partial charge in [-0.3, -0.25) is 4.72 Å². The number of sulfonamides is 1. The quantitative estimate of drug-likeness (QED) is 0.789. The molecule has 1 aromatic heterocycles. The van der Waals surface area contributed by atoms with Crippen LogP contribution in [-0.4, -0.2) is 15.0 Å². The molecule has 0 atom stereocenters. The number of rotatable bonds is 6. The lowest BCUT2D eigenvalue weighted by molar-refractivity contribution is 0.601. The fourth-order valence-electron chi connectivity index (χ4n) is 1.62. The van der Waals surface area contributed by atoms with E-state index in [1.165, 1.54) is 23.5 Å². The third-order valence-electron chi connectivity index (χ3n) is 2.66. The van der Waals surface area contributed by atoms with E-state index in [-0.39, 0.29) is 10.6 Å². The molecule has 1 aromatic carbocycles. The largest absolute Gasteiger partial charge is 0.312 e. The zero-order chi connectivity index (χ0) is 15.5. The minimum absolute atomic E-state index is 0.175. The molecule has 0 amide bonds. The van der Waals surface area contributed by atoms with Gasteiger partial charge in [0.1, 0.15) is 5.82 Å². The van der Waals surface area contributed by atoms with Crippen LogP contribution in [0.3, 0.4) is 0 Å². The second kappa shape index (κ2) is 6.87. The van der Waals surface area contributed by atoms with Crippen LogP contribution in [0.4, 0.5) is 10.1 Å². The van der Waals surface area contributed by atoms with Crippen LogP contribution in [0.2, 0.25) is 0 Å². The Morgan fingerprint density at radius 2 is 2.10 bits per heavy atom. The molecule has 114 valence electrons. The molecule has 0 saturated carbocycles. The van der Waals surface area contributed by atoms with Gasteiger partial charge in [-0.25, -0.2) is 12.8 Å². The van der Waals surface area contributed by atoms with Crippen LogP contribution in [0, 0.1) is 5.82 Å². The van der Waals surface area contributed by atoms with E-state index in [0.717, 1.165) is 17.5 Å². The molecular formula is C13H14BrFN2O2S2. The molecule has 0 aliphatic carbocycles. The van der Waals surface area contributed by atoms with Gasteiger partial charge in [0.05, 0.1) is 10.6 Å². The topological polar surface area (TPSA) is 58.2 Å². The van der Waals surface area contributed by atoms with Crippen LogP contribution in [0.1, 0.15) is 11.8 Å². The van der Waals surface area contributed by atoms with E-state index in [1.807, 2.05) is 6.92 Å². The summed E-state index contributed by atoms with van der Waals surface area (Å²) in [7, 11) is -3.72. The number of hydrogen-bond acceptors (Lipinski definition) is 4. The fourth-order valence-corrected chi connectivity index (χ4v) is 4.41. The van der Waals surface area contributed by atoms with E-state index in [0.29, 0.717) is 11.0 Å². The summed E-state index contributed by atoms with van der Waals surface area (Å²) in [5.74, 6) is -0.506. The number of halogens is 2. The van der Waals surface area contributed by atoms with Crippen LogP contribution in [0.15, 0.2) is 39.0 Å². The first-order chi connectivity index (χ1) is 9.92. The Balaban J connectivity index is 2.22. The van der Waals surface area contributed by atoms with Crippen LogP contribution < -0.4 is 10.0 Å². The summed E-state index contributed by atoms with van der Waals surface area (Å²) in [6.07, 6.45) is 0. The van der Waals surface area contributed by atoms with Gasteiger partial charge >= 0.3 is 0 Å². The summed E-state index contributed by atoms with van der Waals surface area (Å²) >= 11 is 4.56. The summed E-state index contributed by atoms with van der Waals surface area (Å²) in [4.78, 5) is 1.10. The smallest absolute Gasteiger partial charge is 0.262 e. The molecule has 0 spiro atoms. The summed E-state index contributed by atoms with van der Waals surface area (Å²) in [6, 6.07) is 5.45. The maximum Gasteiger partial charge on any atom is 0.262 e. The van der Waals surface area contributed by atoms with Gasteiger partial charge in [-0.15, -0.1) is 11.3 Å². The zero-order valence-corrected chi connectivity index (χ0v) is 14.4. The van der Waals surface area contributed by atoms with E-state index in [1.54, 1.807) is 11.4 Å². The van der Waals surface area contributed by atoms with Gasteiger partial charge in [0.25, 0.3) is 10.0 Å². The van der Waals surface area contributed by atoms with Crippen molar-refractivity contribution in [3.63, 3.8) is 0 Å². The average Bonchev–Trinajstić information content (AvgIpc) is 2.90. The number of anilines is 1. The lowest BCUT2D eigenvalue weighted by Gasteiger charge is -2.08. The lowest BCUT2D eigenvalue weighted by Crippen LogP contribution is -2.13. The average molecular weight is 393 g/mol. The molecule has 0 bridgehead atoms. The molecule has 0 unspecified atom stereocenters. The van der Waals surface area contributed by atoms with E-state index in [9.17, 15) is 12.8 Å². The molecule has 2 N–H and O–H groups in total. The van der Waals surface area contributed by atoms with Crippen LogP contribution in [-0.2, 0) is 16.6 Å². The highest BCUT2D eigenvalue weighted by molar-refractivity contribution is 9.10. The second-order valence-electron chi connectivity index (χ2n) is 4.26. The van der Waals surface area contributed by atoms with Gasteiger partial charge in [0.2, 0.25) is 0 Å². The van der Waals surface area contributed by atoms with Crippen molar-refractivity contribution in [3.8, 4) is 0 Å². The van der Waals surface area contributed by atoms with Crippen molar-refractivity contribution in [2.75, 3.05) is 11.3 Å². The molecule has 0 saturated heterocycles. The predicted molar refractivity (Wildman–Crippen MR) is 86.6 cm³/mol. The number of nitrogens with one attached hydrogen (secondary N) is 2. The molecule has 21 heavy (non-hydrogen) atoms. The maximum atomic E-state index is 13.2. The van der Waals surface area contributed by atoms with E-state index >= 15 is 0 Å². The third-order valence-corrected chi connectivity index (χ3v) is 5.78. The molecule has 2 rings (SSSR count). The first-order valence-electron chi connectivity index (χ1n) is 6.18. The Hall–Kier alpha value is -0.960. The molecule has 1 heterocycles. The van der Waals surface area contributed by atoms with Crippen molar-refractivity contribution >= 4 is 43.0 Å². The van der Waals surface area contributed by atoms with E-state index in [4.69, 9.17) is 0 Å². The Labute approximate surface area is 135 Å². The van der Waals surface area contributed by atoms with Gasteiger partial charge < -0.3 is 5.32 Å². The molecule has 4 nitrogen and oxygen atoms in total. The van der Waals surface area contributed by atoms with E-state index < -0.39 is 15.8 Å². The SMILES string of the molecule is CCNCc1cc(S(=O)(=O)Nc2cc(F)ccc2Br)cs1. The highest BCUT2D eigenvalue weighted by Gasteiger charge is 2.18. The van der Waals surface area contributed by atoms with Crippen LogP contribution >= 0.6 is 27.3 Å². The molecule has 0 fully saturated rings. The Kier molecular flexibility index (Phi) is 5.37. The summed E-state index contributed by atoms with van der Waals surface area (Å²) in [5.41, 5.74) is 0.175. The summed E-state index contributed by atoms with van der Waals surface area (Å²) < 4.78 is 40.6. The lowest BCUT2D eigenvalue weighted by atomic mass is 10.3. The number of thiophene rings is 1. The van der Waals surface area contributed by atoms with Crippen molar-refractivity contribution in [3.05, 3.63) is 44.8 Å². The van der Waals surface area contributed by atoms with Crippen molar-refractivity contribution in [1.29, 1.82) is 0 Å². The minimum atomic E-state index is -3.72. The molecular weight excluding hydrogens is 379 g/mol. The highest BCUT2D eigenvalue weighted by atomic mass is 79.9. The van der Waals surface area contributed by atoms with Crippen molar-refractivity contribution < 1.29 is 12.8 Å². The van der Waals surface area contributed by atoms with E-state index in [2.05, 4.69) is 26.0 Å². The molecule has 0 aliphatic rings. The van der Waals surface area contributed by atoms with Crippen LogP contribution in [0.25, 0.3) is 0 Å². The zero-order valence-electron chi connectivity index (χ0n) is 11.2. The molecule has 0 aliphatic heterocycles. The molecule has 8 heteroatoms. The normalized spacial score (nSPS) is 11.6. The van der Waals surface area contributed by atoms with Gasteiger partial charge in [0, 0.05) is 21.3 Å². The maximum absolute atomic E-state index is 13.2. The first-order valence-corrected chi connectivity index (χ1v) is 9.34. The van der Waals surface area contributed by atoms with Gasteiger partial charge in [-0.1, -0.05) is 6.92 Å². The van der Waals surface area contributed by atoms with Gasteiger partial charge in [-0.2, -0.15) is 0 Å². The second-order valence-corrected chi connectivity index (χ2v) is 7.79. The summed E-state index contributed by atoms with van der Waals surface area (Å²) in [6.45, 7) is 3.42. The number of hydrogen-bond donors (Lipinski definition) is 2. The standard InChI is InChI=1S/C13H14BrFN2O2S2/c1-2-16-7-10-6-11(8-20-10)21(18,19)17-13-5-9(15)3-4-12(13)14/h3-6,8,16-17H,2,7H2,1H3. The third kappa shape index (κ3) is 4.26. The Morgan fingerprint density at radius 1 is 1.33 bits per heavy atom. The Bertz CT molecular complexity index is 732. The van der Waals surface area contributed by atoms with Gasteiger partial charge in [-0.05, 0) is 46.7 Å². The Morgan fingerprint density at radius 3 is 2.81 bits per heavy atom. The van der Waals surface area contributed by atoms with Crippen molar-refractivity contribution in [2.24, 2.45) is 0 Å². The number of benzene rings is 1. The van der Waals surface area contributed by atoms with Crippen molar-refractivity contribution in [1.82, 2.24) is 5.32 Å². The molecule has 2 aromatic rings. The molecule has 0 radical (unpaired) electrons. The minimum Gasteiger partial charge on any atom is -0.312 e. The van der Waals surface area contributed by atoms with Crippen LogP contribution in [0.5, 0.6) is 0 Å². The van der Waals surface area contributed by atoms with Crippen molar-refractivity contribution in [2.45, 2.75) is 18.4 Å². The fraction of sp³-hybridized carbons (Fsp3) is 0.231. The highest BCUT2D eigenvalue weighted by Crippen LogP contribution is 2.27.